The molecule has 1 aliphatic heterocycles. The van der Waals surface area contributed by atoms with Crippen molar-refractivity contribution in [1.82, 2.24) is 0 Å². The van der Waals surface area contributed by atoms with E-state index in [0.717, 1.165) is 12.0 Å². The van der Waals surface area contributed by atoms with E-state index in [1.165, 1.54) is 0 Å². The number of hydrogen-bond donors (Lipinski definition) is 1. The summed E-state index contributed by atoms with van der Waals surface area (Å²) in [5.74, 6) is -1.32. The van der Waals surface area contributed by atoms with E-state index in [-0.39, 0.29) is 35.9 Å². The zero-order valence-corrected chi connectivity index (χ0v) is 14.6. The highest BCUT2D eigenvalue weighted by atomic mass is 16.6. The summed E-state index contributed by atoms with van der Waals surface area (Å²) >= 11 is 0. The standard InChI is InChI=1S/C19H26O5/c1-9(2)17(21)23-13-7-6-10(3)15-16-14(11(4)18(22)24-16)12(20)8-19(13,15)5/h11-16,20H,1,3,6-8H2,2,4-5H3. The van der Waals surface area contributed by atoms with E-state index in [1.54, 1.807) is 6.92 Å². The molecule has 3 fully saturated rings. The van der Waals surface area contributed by atoms with Gasteiger partial charge in [0.2, 0.25) is 0 Å². The molecule has 1 N–H and O–H groups in total. The number of rotatable bonds is 2. The van der Waals surface area contributed by atoms with E-state index in [4.69, 9.17) is 9.47 Å². The second-order valence-corrected chi connectivity index (χ2v) is 7.89. The number of hydrogen-bond acceptors (Lipinski definition) is 5. The largest absolute Gasteiger partial charge is 0.461 e. The van der Waals surface area contributed by atoms with E-state index >= 15 is 0 Å². The minimum atomic E-state index is -0.658. The van der Waals surface area contributed by atoms with Crippen LogP contribution in [0.15, 0.2) is 24.3 Å². The zero-order valence-electron chi connectivity index (χ0n) is 14.6. The molecule has 0 bridgehead atoms. The van der Waals surface area contributed by atoms with Crippen LogP contribution in [0.5, 0.6) is 0 Å². The van der Waals surface area contributed by atoms with Gasteiger partial charge in [0.15, 0.2) is 0 Å². The van der Waals surface area contributed by atoms with Gasteiger partial charge in [-0.3, -0.25) is 4.79 Å². The van der Waals surface area contributed by atoms with Crippen molar-refractivity contribution >= 4 is 11.9 Å². The van der Waals surface area contributed by atoms with Crippen molar-refractivity contribution in [3.8, 4) is 0 Å². The Hall–Kier alpha value is -1.62. The summed E-state index contributed by atoms with van der Waals surface area (Å²) in [5.41, 5.74) is 0.879. The van der Waals surface area contributed by atoms with E-state index in [9.17, 15) is 14.7 Å². The Kier molecular flexibility index (Phi) is 4.11. The van der Waals surface area contributed by atoms with Crippen LogP contribution in [0.2, 0.25) is 0 Å². The molecule has 0 aromatic heterocycles. The minimum absolute atomic E-state index is 0.100. The highest BCUT2D eigenvalue weighted by Crippen LogP contribution is 2.58. The van der Waals surface area contributed by atoms with Crippen molar-refractivity contribution < 1.29 is 24.2 Å². The first-order valence-electron chi connectivity index (χ1n) is 8.59. The van der Waals surface area contributed by atoms with Crippen molar-refractivity contribution in [2.24, 2.45) is 23.2 Å². The lowest BCUT2D eigenvalue weighted by Crippen LogP contribution is -2.58. The Labute approximate surface area is 142 Å². The van der Waals surface area contributed by atoms with Crippen LogP contribution in [0.3, 0.4) is 0 Å². The molecule has 0 radical (unpaired) electrons. The molecule has 2 aliphatic carbocycles. The van der Waals surface area contributed by atoms with Gasteiger partial charge in [0.25, 0.3) is 0 Å². The molecule has 7 unspecified atom stereocenters. The molecule has 1 saturated heterocycles. The average molecular weight is 334 g/mol. The summed E-state index contributed by atoms with van der Waals surface area (Å²) in [4.78, 5) is 24.1. The van der Waals surface area contributed by atoms with Gasteiger partial charge >= 0.3 is 11.9 Å². The van der Waals surface area contributed by atoms with E-state index in [2.05, 4.69) is 13.2 Å². The van der Waals surface area contributed by atoms with Crippen molar-refractivity contribution in [2.45, 2.75) is 58.3 Å². The number of esters is 2. The van der Waals surface area contributed by atoms with Gasteiger partial charge in [-0.25, -0.2) is 4.79 Å². The molecule has 5 nitrogen and oxygen atoms in total. The summed E-state index contributed by atoms with van der Waals surface area (Å²) in [6.45, 7) is 13.3. The summed E-state index contributed by atoms with van der Waals surface area (Å²) in [5, 5.41) is 10.7. The fourth-order valence-electron chi connectivity index (χ4n) is 4.95. The molecule has 132 valence electrons. The highest BCUT2D eigenvalue weighted by molar-refractivity contribution is 5.87. The maximum absolute atomic E-state index is 12.1. The fraction of sp³-hybridized carbons (Fsp3) is 0.684. The second-order valence-electron chi connectivity index (χ2n) is 7.89. The van der Waals surface area contributed by atoms with Crippen LogP contribution >= 0.6 is 0 Å². The number of ether oxygens (including phenoxy) is 2. The predicted molar refractivity (Wildman–Crippen MR) is 87.8 cm³/mol. The van der Waals surface area contributed by atoms with Crippen LogP contribution in [-0.4, -0.2) is 35.4 Å². The monoisotopic (exact) mass is 334 g/mol. The van der Waals surface area contributed by atoms with Gasteiger partial charge in [-0.15, -0.1) is 0 Å². The number of fused-ring (bicyclic) bond motifs is 3. The van der Waals surface area contributed by atoms with Gasteiger partial charge < -0.3 is 14.6 Å². The minimum Gasteiger partial charge on any atom is -0.461 e. The molecule has 5 heteroatoms. The van der Waals surface area contributed by atoms with Crippen LogP contribution < -0.4 is 0 Å². The lowest BCUT2D eigenvalue weighted by molar-refractivity contribution is -0.180. The molecule has 3 aliphatic rings. The first kappa shape index (κ1) is 17.2. The second kappa shape index (κ2) is 5.73. The molecule has 7 atom stereocenters. The molecular formula is C19H26O5. The summed E-state index contributed by atoms with van der Waals surface area (Å²) in [7, 11) is 0. The molecule has 0 aromatic carbocycles. The quantitative estimate of drug-likeness (QED) is 0.477. The van der Waals surface area contributed by atoms with Gasteiger partial charge in [-0.2, -0.15) is 0 Å². The third-order valence-corrected chi connectivity index (χ3v) is 6.21. The van der Waals surface area contributed by atoms with Crippen molar-refractivity contribution in [1.29, 1.82) is 0 Å². The van der Waals surface area contributed by atoms with Gasteiger partial charge in [-0.05, 0) is 26.2 Å². The number of aliphatic hydroxyl groups excluding tert-OH is 1. The van der Waals surface area contributed by atoms with Crippen LogP contribution in [-0.2, 0) is 19.1 Å². The van der Waals surface area contributed by atoms with Gasteiger partial charge in [0.1, 0.15) is 12.2 Å². The molecular weight excluding hydrogens is 308 g/mol. The topological polar surface area (TPSA) is 72.8 Å². The van der Waals surface area contributed by atoms with Crippen LogP contribution in [0.25, 0.3) is 0 Å². The molecule has 0 aromatic rings. The molecule has 1 heterocycles. The molecule has 3 rings (SSSR count). The Morgan fingerprint density at radius 2 is 2.12 bits per heavy atom. The third kappa shape index (κ3) is 2.41. The Morgan fingerprint density at radius 1 is 1.46 bits per heavy atom. The van der Waals surface area contributed by atoms with Crippen LogP contribution in [0.1, 0.15) is 40.0 Å². The van der Waals surface area contributed by atoms with Crippen LogP contribution in [0.4, 0.5) is 0 Å². The molecule has 24 heavy (non-hydrogen) atoms. The van der Waals surface area contributed by atoms with E-state index in [0.29, 0.717) is 18.4 Å². The smallest absolute Gasteiger partial charge is 0.333 e. The number of carbonyl (C=O) groups excluding carboxylic acids is 2. The maximum Gasteiger partial charge on any atom is 0.333 e. The van der Waals surface area contributed by atoms with Crippen LogP contribution in [0, 0.1) is 23.2 Å². The predicted octanol–water partition coefficient (Wildman–Crippen LogP) is 2.39. The molecule has 2 saturated carbocycles. The normalized spacial score (nSPS) is 44.3. The third-order valence-electron chi connectivity index (χ3n) is 6.21. The number of aliphatic hydroxyl groups is 1. The molecule has 0 amide bonds. The Morgan fingerprint density at radius 3 is 2.75 bits per heavy atom. The van der Waals surface area contributed by atoms with Crippen molar-refractivity contribution in [3.05, 3.63) is 24.3 Å². The van der Waals surface area contributed by atoms with Crippen molar-refractivity contribution in [2.75, 3.05) is 0 Å². The maximum atomic E-state index is 12.1. The van der Waals surface area contributed by atoms with Gasteiger partial charge in [0, 0.05) is 22.8 Å². The SMILES string of the molecule is C=C(C)C(=O)OC1CCC(=C)C2C3OC(=O)C(C)C3C(O)CC12C. The molecule has 0 spiro atoms. The first-order chi connectivity index (χ1) is 11.2. The Balaban J connectivity index is 1.95. The fourth-order valence-corrected chi connectivity index (χ4v) is 4.95. The zero-order chi connectivity index (χ0) is 17.8. The first-order valence-corrected chi connectivity index (χ1v) is 8.59. The van der Waals surface area contributed by atoms with Crippen molar-refractivity contribution in [3.63, 3.8) is 0 Å². The van der Waals surface area contributed by atoms with E-state index in [1.807, 2.05) is 13.8 Å². The summed E-state index contributed by atoms with van der Waals surface area (Å²) in [6, 6.07) is 0. The van der Waals surface area contributed by atoms with E-state index < -0.39 is 17.5 Å². The van der Waals surface area contributed by atoms with Gasteiger partial charge in [-0.1, -0.05) is 32.6 Å². The lowest BCUT2D eigenvalue weighted by Gasteiger charge is -2.55. The highest BCUT2D eigenvalue weighted by Gasteiger charge is 2.62. The summed E-state index contributed by atoms with van der Waals surface area (Å²) < 4.78 is 11.3. The van der Waals surface area contributed by atoms with Gasteiger partial charge in [0.05, 0.1) is 12.0 Å². The lowest BCUT2D eigenvalue weighted by atomic mass is 9.53. The Bertz CT molecular complexity index is 609. The summed E-state index contributed by atoms with van der Waals surface area (Å²) in [6.07, 6.45) is 0.461. The number of carbonyl (C=O) groups is 2. The average Bonchev–Trinajstić information content (AvgIpc) is 2.77.